The first kappa shape index (κ1) is 52.7. The Morgan fingerprint density at radius 1 is 0.377 bits per heavy atom. The molecule has 0 aromatic heterocycles. The van der Waals surface area contributed by atoms with Crippen molar-refractivity contribution in [3.63, 3.8) is 0 Å². The van der Waals surface area contributed by atoms with Crippen LogP contribution in [0.1, 0.15) is 99.6 Å². The molecule has 0 spiro atoms. The number of hydrogen-bond donors (Lipinski definition) is 2. The third kappa shape index (κ3) is 10.6. The van der Waals surface area contributed by atoms with Crippen molar-refractivity contribution in [3.8, 4) is 67.5 Å². The molecule has 4 nitrogen and oxygen atoms in total. The molecular weight excluding hydrogens is 955 g/mol. The van der Waals surface area contributed by atoms with Gasteiger partial charge in [0, 0.05) is 39.8 Å². The molecule has 0 amide bonds. The van der Waals surface area contributed by atoms with E-state index < -0.39 is 22.5 Å². The van der Waals surface area contributed by atoms with E-state index >= 15 is 8.78 Å². The summed E-state index contributed by atoms with van der Waals surface area (Å²) < 4.78 is 45.2. The highest BCUT2D eigenvalue weighted by Crippen LogP contribution is 2.56. The van der Waals surface area contributed by atoms with Crippen LogP contribution < -0.4 is 9.47 Å². The minimum absolute atomic E-state index is 0.00124. The van der Waals surface area contributed by atoms with Gasteiger partial charge in [-0.2, -0.15) is 0 Å². The van der Waals surface area contributed by atoms with E-state index in [2.05, 4.69) is 142 Å². The molecule has 0 aliphatic heterocycles. The van der Waals surface area contributed by atoms with Crippen LogP contribution in [-0.4, -0.2) is 23.4 Å². The van der Waals surface area contributed by atoms with Crippen molar-refractivity contribution < 1.29 is 28.5 Å². The number of rotatable bonds is 14. The highest BCUT2D eigenvalue weighted by atomic mass is 19.1. The number of halogens is 2. The molecule has 0 saturated carbocycles. The van der Waals surface area contributed by atoms with Gasteiger partial charge in [0.05, 0.1) is 24.3 Å². The molecule has 10 aromatic carbocycles. The van der Waals surface area contributed by atoms with E-state index in [0.29, 0.717) is 51.3 Å². The second kappa shape index (κ2) is 20.3. The van der Waals surface area contributed by atoms with Crippen LogP contribution in [0.25, 0.3) is 87.6 Å². The Labute approximate surface area is 453 Å². The van der Waals surface area contributed by atoms with Crippen LogP contribution in [0.3, 0.4) is 0 Å². The molecule has 0 aliphatic carbocycles. The van der Waals surface area contributed by atoms with Crippen molar-refractivity contribution in [1.29, 1.82) is 0 Å². The third-order valence-corrected chi connectivity index (χ3v) is 15.0. The normalized spacial score (nSPS) is 12.5. The van der Waals surface area contributed by atoms with Gasteiger partial charge in [0.15, 0.2) is 0 Å². The second-order valence-electron chi connectivity index (χ2n) is 24.8. The Bertz CT molecular complexity index is 3510. The molecule has 0 atom stereocenters. The molecule has 0 heterocycles. The Balaban J connectivity index is 1.12. The van der Waals surface area contributed by atoms with Gasteiger partial charge in [0.1, 0.15) is 34.6 Å². The monoisotopic (exact) mass is 1020 g/mol. The van der Waals surface area contributed by atoms with Gasteiger partial charge in [-0.1, -0.05) is 191 Å². The minimum Gasteiger partial charge on any atom is -0.507 e. The van der Waals surface area contributed by atoms with Gasteiger partial charge in [-0.25, -0.2) is 8.78 Å². The zero-order valence-corrected chi connectivity index (χ0v) is 46.2. The van der Waals surface area contributed by atoms with Gasteiger partial charge in [0.2, 0.25) is 0 Å². The molecular formula is C71H70F2O4. The predicted octanol–water partition coefficient (Wildman–Crippen LogP) is 19.9. The summed E-state index contributed by atoms with van der Waals surface area (Å²) in [4.78, 5) is 0. The van der Waals surface area contributed by atoms with E-state index in [-0.39, 0.29) is 35.5 Å². The van der Waals surface area contributed by atoms with Gasteiger partial charge in [-0.05, 0) is 137 Å². The lowest BCUT2D eigenvalue weighted by atomic mass is 9.70. The van der Waals surface area contributed by atoms with Crippen LogP contribution in [-0.2, 0) is 10.8 Å². The van der Waals surface area contributed by atoms with Crippen LogP contribution in [0.2, 0.25) is 0 Å². The molecule has 10 rings (SSSR count). The van der Waals surface area contributed by atoms with Crippen molar-refractivity contribution in [3.05, 3.63) is 193 Å². The molecule has 392 valence electrons. The highest BCUT2D eigenvalue weighted by Gasteiger charge is 2.37. The molecule has 0 radical (unpaired) electrons. The quantitative estimate of drug-likeness (QED) is 0.0842. The van der Waals surface area contributed by atoms with Crippen molar-refractivity contribution in [1.82, 2.24) is 0 Å². The van der Waals surface area contributed by atoms with E-state index in [0.717, 1.165) is 78.2 Å². The minimum atomic E-state index is -0.503. The summed E-state index contributed by atoms with van der Waals surface area (Å²) in [7, 11) is 0. The molecule has 0 bridgehead atoms. The maximum atomic E-state index is 15.5. The number of benzene rings is 10. The average Bonchev–Trinajstić information content (AvgIpc) is 3.40. The lowest BCUT2D eigenvalue weighted by Crippen LogP contribution is -2.26. The fraction of sp³-hybridized carbons (Fsp3) is 0.268. The summed E-state index contributed by atoms with van der Waals surface area (Å²) >= 11 is 0. The summed E-state index contributed by atoms with van der Waals surface area (Å²) in [5, 5.41) is 34.1. The predicted molar refractivity (Wildman–Crippen MR) is 318 cm³/mol. The van der Waals surface area contributed by atoms with E-state index in [9.17, 15) is 10.2 Å². The fourth-order valence-corrected chi connectivity index (χ4v) is 12.7. The number of ether oxygens (including phenoxy) is 2. The Morgan fingerprint density at radius 2 is 0.701 bits per heavy atom. The number of hydrogen-bond acceptors (Lipinski definition) is 4. The SMILES string of the molecule is CC(C)(C)CC(C)(C)c1cc(-c2c3ccccc3cc3ccccc23)c(O)c(-c2cccc(F)c2)c1OCCCOc1c(C(C)(C)CC(C)(C)C)cc(-c2c3ccccc3cc3ccccc23)c(O)c1-c1cccc(F)c1. The summed E-state index contributed by atoms with van der Waals surface area (Å²) in [5.41, 5.74) is 5.45. The molecule has 6 heteroatoms. The van der Waals surface area contributed by atoms with Crippen molar-refractivity contribution in [2.45, 2.75) is 99.3 Å². The second-order valence-corrected chi connectivity index (χ2v) is 24.8. The zero-order chi connectivity index (χ0) is 54.6. The van der Waals surface area contributed by atoms with Gasteiger partial charge < -0.3 is 19.7 Å². The lowest BCUT2D eigenvalue weighted by molar-refractivity contribution is 0.231. The molecule has 77 heavy (non-hydrogen) atoms. The Hall–Kier alpha value is -7.70. The molecule has 0 aliphatic rings. The van der Waals surface area contributed by atoms with Crippen molar-refractivity contribution >= 4 is 43.1 Å². The summed E-state index contributed by atoms with van der Waals surface area (Å²) in [6.45, 7) is 22.5. The van der Waals surface area contributed by atoms with Crippen LogP contribution in [0.4, 0.5) is 8.78 Å². The molecule has 0 fully saturated rings. The molecule has 0 unspecified atom stereocenters. The zero-order valence-electron chi connectivity index (χ0n) is 46.2. The highest BCUT2D eigenvalue weighted by molar-refractivity contribution is 6.16. The van der Waals surface area contributed by atoms with Gasteiger partial charge in [0.25, 0.3) is 0 Å². The first-order valence-electron chi connectivity index (χ1n) is 27.0. The topological polar surface area (TPSA) is 58.9 Å². The molecule has 10 aromatic rings. The van der Waals surface area contributed by atoms with E-state index in [1.807, 2.05) is 60.7 Å². The maximum Gasteiger partial charge on any atom is 0.135 e. The van der Waals surface area contributed by atoms with Crippen LogP contribution in [0, 0.1) is 22.5 Å². The van der Waals surface area contributed by atoms with Gasteiger partial charge in [-0.3, -0.25) is 0 Å². The van der Waals surface area contributed by atoms with Crippen LogP contribution in [0.15, 0.2) is 170 Å². The van der Waals surface area contributed by atoms with Gasteiger partial charge in [-0.15, -0.1) is 0 Å². The van der Waals surface area contributed by atoms with Crippen molar-refractivity contribution in [2.24, 2.45) is 10.8 Å². The van der Waals surface area contributed by atoms with Crippen LogP contribution >= 0.6 is 0 Å². The number of aromatic hydroxyl groups is 2. The van der Waals surface area contributed by atoms with Crippen molar-refractivity contribution in [2.75, 3.05) is 13.2 Å². The average molecular weight is 1030 g/mol. The number of phenols is 2. The van der Waals surface area contributed by atoms with E-state index in [1.165, 1.54) is 24.3 Å². The lowest BCUT2D eigenvalue weighted by Gasteiger charge is -2.36. The first-order valence-corrected chi connectivity index (χ1v) is 27.0. The largest absolute Gasteiger partial charge is 0.507 e. The third-order valence-electron chi connectivity index (χ3n) is 15.0. The first-order chi connectivity index (χ1) is 36.6. The summed E-state index contributed by atoms with van der Waals surface area (Å²) in [5.74, 6) is 0.0945. The number of fused-ring (bicyclic) bond motifs is 4. The molecule has 2 N–H and O–H groups in total. The standard InChI is InChI=1S/C71H70F2O4/c1-68(2,3)42-70(7,8)58-40-56(62-52-30-15-11-22-44(52)36-45-23-12-16-31-53(45)62)64(74)60(48-26-19-28-50(72)38-48)66(58)76-34-21-35-77-67-59(71(9,10)43-69(4,5)6)41-57(65(75)61(67)49-27-20-29-51(73)39-49)63-54-32-17-13-24-46(54)37-47-25-14-18-33-55(47)63/h11-20,22-33,36-41,74-75H,21,34-35,42-43H2,1-10H3. The maximum absolute atomic E-state index is 15.5. The summed E-state index contributed by atoms with van der Waals surface area (Å²) in [6.07, 6.45) is 1.93. The van der Waals surface area contributed by atoms with Crippen LogP contribution in [0.5, 0.6) is 23.0 Å². The molecule has 0 saturated heterocycles. The number of phenolic OH excluding ortho intramolecular Hbond substituents is 2. The van der Waals surface area contributed by atoms with E-state index in [4.69, 9.17) is 9.47 Å². The summed E-state index contributed by atoms with van der Waals surface area (Å²) in [6, 6.07) is 54.2. The van der Waals surface area contributed by atoms with Gasteiger partial charge >= 0.3 is 0 Å². The smallest absolute Gasteiger partial charge is 0.135 e. The Morgan fingerprint density at radius 3 is 1.01 bits per heavy atom. The fourth-order valence-electron chi connectivity index (χ4n) is 12.7. The van der Waals surface area contributed by atoms with E-state index in [1.54, 1.807) is 12.1 Å². The Kier molecular flexibility index (Phi) is 13.9.